The summed E-state index contributed by atoms with van der Waals surface area (Å²) in [5.41, 5.74) is 8.42. The van der Waals surface area contributed by atoms with Crippen molar-refractivity contribution in [2.24, 2.45) is 0 Å². The van der Waals surface area contributed by atoms with Gasteiger partial charge in [0.2, 0.25) is 0 Å². The smallest absolute Gasteiger partial charge is 0.270 e. The maximum Gasteiger partial charge on any atom is 0.270 e. The predicted molar refractivity (Wildman–Crippen MR) is 118 cm³/mol. The van der Waals surface area contributed by atoms with Crippen molar-refractivity contribution in [3.05, 3.63) is 76.1 Å². The number of amides is 1. The summed E-state index contributed by atoms with van der Waals surface area (Å²) in [6.07, 6.45) is 0. The number of rotatable bonds is 4. The number of hydrogen-bond acceptors (Lipinski definition) is 4. The Kier molecular flexibility index (Phi) is 5.17. The molecular weight excluding hydrogens is 428 g/mol. The molecule has 0 spiro atoms. The van der Waals surface area contributed by atoms with Crippen LogP contribution in [-0.2, 0) is 5.92 Å². The Hall–Kier alpha value is -3.03. The summed E-state index contributed by atoms with van der Waals surface area (Å²) in [5, 5.41) is 4.01. The molecule has 0 unspecified atom stereocenters. The molecule has 2 heterocycles. The van der Waals surface area contributed by atoms with Gasteiger partial charge >= 0.3 is 0 Å². The minimum absolute atomic E-state index is 0.124. The topological polar surface area (TPSA) is 68.0 Å². The van der Waals surface area contributed by atoms with E-state index in [1.54, 1.807) is 12.1 Å². The zero-order valence-corrected chi connectivity index (χ0v) is 17.3. The number of fused-ring (bicyclic) bond motifs is 1. The molecule has 0 bridgehead atoms. The van der Waals surface area contributed by atoms with Gasteiger partial charge in [0.05, 0.1) is 11.4 Å². The highest BCUT2D eigenvalue weighted by molar-refractivity contribution is 7.21. The van der Waals surface area contributed by atoms with E-state index in [-0.39, 0.29) is 5.56 Å². The summed E-state index contributed by atoms with van der Waals surface area (Å²) in [6, 6.07) is 16.4. The second-order valence-electron chi connectivity index (χ2n) is 6.82. The van der Waals surface area contributed by atoms with Gasteiger partial charge in [0.25, 0.3) is 11.8 Å². The summed E-state index contributed by atoms with van der Waals surface area (Å²) in [4.78, 5) is 18.3. The van der Waals surface area contributed by atoms with E-state index < -0.39 is 11.8 Å². The first-order valence-electron chi connectivity index (χ1n) is 8.97. The van der Waals surface area contributed by atoms with Crippen LogP contribution in [0.2, 0.25) is 5.02 Å². The molecule has 2 aromatic heterocycles. The van der Waals surface area contributed by atoms with E-state index in [2.05, 4.69) is 10.3 Å². The molecule has 30 heavy (non-hydrogen) atoms. The Balaban J connectivity index is 1.61. The maximum atomic E-state index is 13.3. The Bertz CT molecular complexity index is 1230. The number of pyridine rings is 1. The highest BCUT2D eigenvalue weighted by Gasteiger charge is 2.24. The zero-order chi connectivity index (χ0) is 21.5. The first-order valence-corrected chi connectivity index (χ1v) is 10.2. The lowest BCUT2D eigenvalue weighted by molar-refractivity contribution is 0.0175. The third-order valence-electron chi connectivity index (χ3n) is 4.59. The van der Waals surface area contributed by atoms with Gasteiger partial charge in [-0.05, 0) is 36.4 Å². The highest BCUT2D eigenvalue weighted by atomic mass is 35.5. The molecule has 2 aromatic carbocycles. The fraction of sp³-hybridized carbons (Fsp3) is 0.0909. The summed E-state index contributed by atoms with van der Waals surface area (Å²) >= 11 is 7.11. The van der Waals surface area contributed by atoms with Crippen molar-refractivity contribution in [1.82, 2.24) is 4.98 Å². The Morgan fingerprint density at radius 2 is 1.73 bits per heavy atom. The van der Waals surface area contributed by atoms with Crippen molar-refractivity contribution in [3.63, 3.8) is 0 Å². The van der Waals surface area contributed by atoms with E-state index >= 15 is 0 Å². The Labute approximate surface area is 180 Å². The van der Waals surface area contributed by atoms with Crippen LogP contribution in [0.4, 0.5) is 20.2 Å². The summed E-state index contributed by atoms with van der Waals surface area (Å²) in [6.45, 7) is 0.823. The molecule has 0 fully saturated rings. The minimum Gasteiger partial charge on any atom is -0.397 e. The average molecular weight is 444 g/mol. The summed E-state index contributed by atoms with van der Waals surface area (Å²) in [7, 11) is 0. The monoisotopic (exact) mass is 443 g/mol. The number of alkyl halides is 2. The number of aromatic nitrogens is 1. The van der Waals surface area contributed by atoms with E-state index in [1.807, 2.05) is 24.3 Å². The van der Waals surface area contributed by atoms with Crippen LogP contribution in [0.1, 0.15) is 22.2 Å². The number of nitrogens with zero attached hydrogens (tertiary/aromatic N) is 1. The fourth-order valence-corrected chi connectivity index (χ4v) is 4.10. The van der Waals surface area contributed by atoms with Gasteiger partial charge in [0, 0.05) is 34.1 Å². The predicted octanol–water partition coefficient (Wildman–Crippen LogP) is 6.56. The molecule has 3 N–H and O–H groups in total. The number of nitrogen functional groups attached to an aromatic ring is 1. The molecule has 152 valence electrons. The van der Waals surface area contributed by atoms with Crippen LogP contribution < -0.4 is 11.1 Å². The number of hydrogen-bond donors (Lipinski definition) is 2. The molecule has 1 amide bonds. The SMILES string of the molecule is CC(F)(F)c1ccc(NC(=O)c2sc3nc(-c4ccc(Cl)cc4)ccc3c2N)cc1. The van der Waals surface area contributed by atoms with E-state index in [0.717, 1.165) is 18.2 Å². The molecule has 4 rings (SSSR count). The highest BCUT2D eigenvalue weighted by Crippen LogP contribution is 2.35. The quantitative estimate of drug-likeness (QED) is 0.375. The van der Waals surface area contributed by atoms with Gasteiger partial charge in [0.1, 0.15) is 9.71 Å². The number of benzene rings is 2. The molecular formula is C22H16ClF2N3OS. The molecule has 4 nitrogen and oxygen atoms in total. The van der Waals surface area contributed by atoms with Crippen LogP contribution in [0, 0.1) is 0 Å². The van der Waals surface area contributed by atoms with Gasteiger partial charge in [0.15, 0.2) is 0 Å². The van der Waals surface area contributed by atoms with Crippen molar-refractivity contribution in [2.75, 3.05) is 11.1 Å². The number of carbonyl (C=O) groups is 1. The molecule has 0 aliphatic carbocycles. The molecule has 0 aliphatic heterocycles. The Morgan fingerprint density at radius 3 is 2.37 bits per heavy atom. The third-order valence-corrected chi connectivity index (χ3v) is 5.96. The molecule has 0 atom stereocenters. The molecule has 0 aliphatic rings. The van der Waals surface area contributed by atoms with Crippen LogP contribution in [0.25, 0.3) is 21.5 Å². The van der Waals surface area contributed by atoms with Gasteiger partial charge in [-0.25, -0.2) is 13.8 Å². The van der Waals surface area contributed by atoms with Crippen LogP contribution in [0.3, 0.4) is 0 Å². The van der Waals surface area contributed by atoms with E-state index in [1.165, 1.54) is 35.6 Å². The lowest BCUT2D eigenvalue weighted by Gasteiger charge is -2.11. The lowest BCUT2D eigenvalue weighted by Crippen LogP contribution is -2.12. The Morgan fingerprint density at radius 1 is 1.07 bits per heavy atom. The number of nitrogens with two attached hydrogens (primary N) is 1. The van der Waals surface area contributed by atoms with Gasteiger partial charge in [-0.1, -0.05) is 35.9 Å². The van der Waals surface area contributed by atoms with Gasteiger partial charge in [-0.2, -0.15) is 0 Å². The fourth-order valence-electron chi connectivity index (χ4n) is 2.98. The minimum atomic E-state index is -2.94. The van der Waals surface area contributed by atoms with Gasteiger partial charge in [-0.15, -0.1) is 11.3 Å². The second-order valence-corrected chi connectivity index (χ2v) is 8.26. The van der Waals surface area contributed by atoms with Crippen molar-refractivity contribution in [2.45, 2.75) is 12.8 Å². The molecule has 0 saturated heterocycles. The summed E-state index contributed by atoms with van der Waals surface area (Å²) < 4.78 is 26.7. The normalized spacial score (nSPS) is 11.6. The molecule has 4 aromatic rings. The maximum absolute atomic E-state index is 13.3. The third kappa shape index (κ3) is 3.99. The molecule has 0 radical (unpaired) electrons. The summed E-state index contributed by atoms with van der Waals surface area (Å²) in [5.74, 6) is -3.36. The van der Waals surface area contributed by atoms with Crippen molar-refractivity contribution >= 4 is 50.4 Å². The van der Waals surface area contributed by atoms with Crippen LogP contribution in [0.5, 0.6) is 0 Å². The number of halogens is 3. The van der Waals surface area contributed by atoms with Gasteiger partial charge in [-0.3, -0.25) is 4.79 Å². The standard InChI is InChI=1S/C22H16ClF2N3OS/c1-22(24,25)13-4-8-15(9-5-13)27-20(29)19-18(26)16-10-11-17(28-21(16)30-19)12-2-6-14(23)7-3-12/h2-11H,26H2,1H3,(H,27,29). The van der Waals surface area contributed by atoms with Crippen LogP contribution in [0.15, 0.2) is 60.7 Å². The van der Waals surface area contributed by atoms with Crippen molar-refractivity contribution < 1.29 is 13.6 Å². The van der Waals surface area contributed by atoms with Crippen molar-refractivity contribution in [3.8, 4) is 11.3 Å². The van der Waals surface area contributed by atoms with Crippen LogP contribution in [-0.4, -0.2) is 10.9 Å². The first-order chi connectivity index (χ1) is 14.2. The molecule has 0 saturated carbocycles. The van der Waals surface area contributed by atoms with E-state index in [4.69, 9.17) is 17.3 Å². The number of carbonyl (C=O) groups excluding carboxylic acids is 1. The zero-order valence-electron chi connectivity index (χ0n) is 15.7. The number of anilines is 2. The van der Waals surface area contributed by atoms with E-state index in [0.29, 0.717) is 31.5 Å². The largest absolute Gasteiger partial charge is 0.397 e. The first kappa shape index (κ1) is 20.3. The van der Waals surface area contributed by atoms with Crippen molar-refractivity contribution in [1.29, 1.82) is 0 Å². The number of thiophene rings is 1. The average Bonchev–Trinajstić information content (AvgIpc) is 3.04. The van der Waals surface area contributed by atoms with Crippen LogP contribution >= 0.6 is 22.9 Å². The lowest BCUT2D eigenvalue weighted by atomic mass is 10.1. The molecule has 8 heteroatoms. The van der Waals surface area contributed by atoms with Gasteiger partial charge < -0.3 is 11.1 Å². The number of nitrogens with one attached hydrogen (secondary N) is 1. The second kappa shape index (κ2) is 7.66. The van der Waals surface area contributed by atoms with E-state index in [9.17, 15) is 13.6 Å².